The van der Waals surface area contributed by atoms with Crippen LogP contribution in [-0.2, 0) is 19.6 Å². The van der Waals surface area contributed by atoms with Crippen LogP contribution in [0.25, 0.3) is 0 Å². The maximum absolute atomic E-state index is 12.1. The predicted molar refractivity (Wildman–Crippen MR) is 81.3 cm³/mol. The second-order valence-corrected chi connectivity index (χ2v) is 5.46. The zero-order valence-electron chi connectivity index (χ0n) is 11.3. The van der Waals surface area contributed by atoms with Gasteiger partial charge in [0, 0.05) is 19.6 Å². The number of carbonyl (C=O) groups is 1. The van der Waals surface area contributed by atoms with Crippen LogP contribution in [-0.4, -0.2) is 11.0 Å². The molecule has 0 atom stereocenters. The fourth-order valence-corrected chi connectivity index (χ4v) is 2.63. The van der Waals surface area contributed by atoms with E-state index < -0.39 is 0 Å². The Morgan fingerprint density at radius 2 is 2.00 bits per heavy atom. The van der Waals surface area contributed by atoms with Crippen molar-refractivity contribution in [1.82, 2.24) is 10.6 Å². The first kappa shape index (κ1) is 13.9. The largest absolute Gasteiger partial charge is 0.508 e. The van der Waals surface area contributed by atoms with Gasteiger partial charge in [-0.2, -0.15) is 0 Å². The molecule has 0 unspecified atom stereocenters. The highest BCUT2D eigenvalue weighted by molar-refractivity contribution is 6.33. The lowest BCUT2D eigenvalue weighted by molar-refractivity contribution is 0.0950. The van der Waals surface area contributed by atoms with E-state index in [9.17, 15) is 9.90 Å². The van der Waals surface area contributed by atoms with Gasteiger partial charge in [-0.25, -0.2) is 0 Å². The molecule has 0 saturated heterocycles. The number of halogens is 1. The lowest BCUT2D eigenvalue weighted by Crippen LogP contribution is -2.23. The maximum Gasteiger partial charge on any atom is 0.253 e. The number of amides is 1. The summed E-state index contributed by atoms with van der Waals surface area (Å²) < 4.78 is 0. The normalized spacial score (nSPS) is 13.0. The number of phenols is 1. The third-order valence-electron chi connectivity index (χ3n) is 3.55. The van der Waals surface area contributed by atoms with Crippen molar-refractivity contribution in [2.45, 2.75) is 19.6 Å². The van der Waals surface area contributed by atoms with E-state index in [1.54, 1.807) is 0 Å². The average Bonchev–Trinajstić information content (AvgIpc) is 2.94. The van der Waals surface area contributed by atoms with Crippen LogP contribution in [0, 0.1) is 0 Å². The summed E-state index contributed by atoms with van der Waals surface area (Å²) >= 11 is 5.97. The monoisotopic (exact) mass is 302 g/mol. The molecular formula is C16H15ClN2O2. The first-order chi connectivity index (χ1) is 10.1. The third-order valence-corrected chi connectivity index (χ3v) is 3.88. The van der Waals surface area contributed by atoms with Crippen LogP contribution in [0.4, 0.5) is 0 Å². The topological polar surface area (TPSA) is 61.4 Å². The van der Waals surface area contributed by atoms with Crippen molar-refractivity contribution >= 4 is 17.5 Å². The SMILES string of the molecule is O=C(NCc1ccc2c(c1)CNC2)c1cc(O)ccc1Cl. The van der Waals surface area contributed by atoms with Gasteiger partial charge in [-0.1, -0.05) is 29.8 Å². The molecule has 1 amide bonds. The first-order valence-electron chi connectivity index (χ1n) is 6.71. The number of rotatable bonds is 3. The maximum atomic E-state index is 12.1. The molecule has 5 heteroatoms. The highest BCUT2D eigenvalue weighted by atomic mass is 35.5. The van der Waals surface area contributed by atoms with Crippen molar-refractivity contribution in [2.24, 2.45) is 0 Å². The molecule has 0 spiro atoms. The summed E-state index contributed by atoms with van der Waals surface area (Å²) in [6.45, 7) is 2.20. The Balaban J connectivity index is 1.70. The Bertz CT molecular complexity index is 701. The average molecular weight is 303 g/mol. The molecule has 0 radical (unpaired) electrons. The van der Waals surface area contributed by atoms with E-state index in [0.29, 0.717) is 11.6 Å². The molecule has 0 aromatic heterocycles. The fourth-order valence-electron chi connectivity index (χ4n) is 2.42. The van der Waals surface area contributed by atoms with Crippen molar-refractivity contribution < 1.29 is 9.90 Å². The highest BCUT2D eigenvalue weighted by Gasteiger charge is 2.13. The molecule has 108 valence electrons. The third kappa shape index (κ3) is 3.01. The van der Waals surface area contributed by atoms with Gasteiger partial charge in [0.1, 0.15) is 5.75 Å². The Morgan fingerprint density at radius 1 is 1.19 bits per heavy atom. The lowest BCUT2D eigenvalue weighted by atomic mass is 10.1. The van der Waals surface area contributed by atoms with E-state index in [1.165, 1.54) is 29.3 Å². The van der Waals surface area contributed by atoms with Gasteiger partial charge in [-0.15, -0.1) is 0 Å². The second kappa shape index (κ2) is 5.76. The van der Waals surface area contributed by atoms with Gasteiger partial charge >= 0.3 is 0 Å². The van der Waals surface area contributed by atoms with E-state index in [1.807, 2.05) is 6.07 Å². The minimum Gasteiger partial charge on any atom is -0.508 e. The van der Waals surface area contributed by atoms with E-state index in [4.69, 9.17) is 11.6 Å². The van der Waals surface area contributed by atoms with Gasteiger partial charge in [0.25, 0.3) is 5.91 Å². The highest BCUT2D eigenvalue weighted by Crippen LogP contribution is 2.21. The first-order valence-corrected chi connectivity index (χ1v) is 7.09. The zero-order valence-corrected chi connectivity index (χ0v) is 12.1. The number of fused-ring (bicyclic) bond motifs is 1. The molecule has 2 aromatic rings. The van der Waals surface area contributed by atoms with Gasteiger partial charge in [-0.05, 0) is 34.9 Å². The van der Waals surface area contributed by atoms with Crippen molar-refractivity contribution in [3.8, 4) is 5.75 Å². The Kier molecular flexibility index (Phi) is 3.82. The molecule has 3 N–H and O–H groups in total. The Morgan fingerprint density at radius 3 is 2.86 bits per heavy atom. The van der Waals surface area contributed by atoms with Crippen LogP contribution >= 0.6 is 11.6 Å². The van der Waals surface area contributed by atoms with Gasteiger partial charge in [0.15, 0.2) is 0 Å². The summed E-state index contributed by atoms with van der Waals surface area (Å²) in [4.78, 5) is 12.1. The lowest BCUT2D eigenvalue weighted by Gasteiger charge is -2.08. The Labute approximate surface area is 127 Å². The van der Waals surface area contributed by atoms with Crippen LogP contribution in [0.5, 0.6) is 5.75 Å². The van der Waals surface area contributed by atoms with Crippen molar-refractivity contribution in [2.75, 3.05) is 0 Å². The van der Waals surface area contributed by atoms with Crippen LogP contribution in [0.1, 0.15) is 27.0 Å². The fraction of sp³-hybridized carbons (Fsp3) is 0.188. The van der Waals surface area contributed by atoms with Crippen LogP contribution in [0.2, 0.25) is 5.02 Å². The Hall–Kier alpha value is -2.04. The van der Waals surface area contributed by atoms with Gasteiger partial charge in [-0.3, -0.25) is 4.79 Å². The summed E-state index contributed by atoms with van der Waals surface area (Å²) in [6.07, 6.45) is 0. The van der Waals surface area contributed by atoms with E-state index in [-0.39, 0.29) is 17.2 Å². The molecule has 0 bridgehead atoms. The minimum atomic E-state index is -0.297. The number of hydrogen-bond donors (Lipinski definition) is 3. The summed E-state index contributed by atoms with van der Waals surface area (Å²) in [5.41, 5.74) is 3.90. The number of phenolic OH excluding ortho intramolecular Hbond substituents is 1. The molecule has 0 saturated carbocycles. The summed E-state index contributed by atoms with van der Waals surface area (Å²) in [7, 11) is 0. The van der Waals surface area contributed by atoms with Crippen molar-refractivity contribution in [1.29, 1.82) is 0 Å². The number of aromatic hydroxyl groups is 1. The molecule has 0 aliphatic carbocycles. The van der Waals surface area contributed by atoms with Crippen LogP contribution in [0.15, 0.2) is 36.4 Å². The van der Waals surface area contributed by atoms with Gasteiger partial charge in [0.05, 0.1) is 10.6 Å². The van der Waals surface area contributed by atoms with Crippen molar-refractivity contribution in [3.63, 3.8) is 0 Å². The number of hydrogen-bond acceptors (Lipinski definition) is 3. The zero-order chi connectivity index (χ0) is 14.8. The second-order valence-electron chi connectivity index (χ2n) is 5.05. The summed E-state index contributed by atoms with van der Waals surface area (Å²) in [5, 5.41) is 15.9. The molecule has 1 aliphatic heterocycles. The molecule has 4 nitrogen and oxygen atoms in total. The van der Waals surface area contributed by atoms with Crippen LogP contribution < -0.4 is 10.6 Å². The molecule has 21 heavy (non-hydrogen) atoms. The predicted octanol–water partition coefficient (Wildman–Crippen LogP) is 2.58. The van der Waals surface area contributed by atoms with E-state index in [0.717, 1.165) is 18.7 Å². The van der Waals surface area contributed by atoms with Crippen molar-refractivity contribution in [3.05, 3.63) is 63.7 Å². The van der Waals surface area contributed by atoms with Gasteiger partial charge in [0.2, 0.25) is 0 Å². The molecular weight excluding hydrogens is 288 g/mol. The van der Waals surface area contributed by atoms with Crippen LogP contribution in [0.3, 0.4) is 0 Å². The van der Waals surface area contributed by atoms with E-state index >= 15 is 0 Å². The number of carbonyl (C=O) groups excluding carboxylic acids is 1. The van der Waals surface area contributed by atoms with Gasteiger partial charge < -0.3 is 15.7 Å². The summed E-state index contributed by atoms with van der Waals surface area (Å²) in [5.74, 6) is -0.275. The molecule has 0 fully saturated rings. The smallest absolute Gasteiger partial charge is 0.253 e. The standard InChI is InChI=1S/C16H15ClN2O2/c17-15-4-3-13(20)6-14(15)16(21)19-7-10-1-2-11-8-18-9-12(11)5-10/h1-6,18,20H,7-9H2,(H,19,21). The molecule has 1 heterocycles. The minimum absolute atomic E-state index is 0.0214. The molecule has 1 aliphatic rings. The quantitative estimate of drug-likeness (QED) is 0.816. The molecule has 3 rings (SSSR count). The van der Waals surface area contributed by atoms with E-state index in [2.05, 4.69) is 22.8 Å². The number of nitrogens with one attached hydrogen (secondary N) is 2. The number of benzene rings is 2. The summed E-state index contributed by atoms with van der Waals surface area (Å²) in [6, 6.07) is 10.5. The molecule has 2 aromatic carbocycles.